The van der Waals surface area contributed by atoms with Crippen LogP contribution < -0.4 is 5.32 Å². The number of rotatable bonds is 57. The van der Waals surface area contributed by atoms with Crippen molar-refractivity contribution in [3.8, 4) is 0 Å². The number of aliphatic hydroxyl groups is 2. The van der Waals surface area contributed by atoms with Crippen molar-refractivity contribution in [2.24, 2.45) is 0 Å². The number of carbonyl (C=O) groups excluding carboxylic acids is 2. The Hall–Kier alpha value is -1.66. The maximum atomic E-state index is 12.5. The third-order valence-corrected chi connectivity index (χ3v) is 14.2. The highest BCUT2D eigenvalue weighted by molar-refractivity contribution is 5.76. The van der Waals surface area contributed by atoms with Crippen LogP contribution >= 0.6 is 0 Å². The average Bonchev–Trinajstić information content (AvgIpc) is 3.34. The topological polar surface area (TPSA) is 95.9 Å². The number of allylic oxidation sites excluding steroid dienone is 4. The summed E-state index contributed by atoms with van der Waals surface area (Å²) in [4.78, 5) is 24.6. The molecule has 0 saturated carbocycles. The van der Waals surface area contributed by atoms with Crippen LogP contribution in [0.3, 0.4) is 0 Å². The molecule has 0 aromatic heterocycles. The second kappa shape index (κ2) is 57.9. The van der Waals surface area contributed by atoms with Gasteiger partial charge in [-0.3, -0.25) is 9.59 Å². The lowest BCUT2D eigenvalue weighted by atomic mass is 10.0. The molecule has 0 aliphatic rings. The van der Waals surface area contributed by atoms with E-state index in [2.05, 4.69) is 43.5 Å². The lowest BCUT2D eigenvalue weighted by Gasteiger charge is -2.22. The summed E-state index contributed by atoms with van der Waals surface area (Å²) in [5, 5.41) is 23.3. The van der Waals surface area contributed by atoms with Gasteiger partial charge in [0.1, 0.15) is 0 Å². The van der Waals surface area contributed by atoms with Gasteiger partial charge in [0.15, 0.2) is 0 Å². The highest BCUT2D eigenvalue weighted by Gasteiger charge is 2.20. The normalized spacial score (nSPS) is 12.7. The number of aliphatic hydroxyl groups excluding tert-OH is 2. The molecule has 68 heavy (non-hydrogen) atoms. The summed E-state index contributed by atoms with van der Waals surface area (Å²) >= 11 is 0. The van der Waals surface area contributed by atoms with E-state index >= 15 is 0 Å². The summed E-state index contributed by atoms with van der Waals surface area (Å²) in [7, 11) is 0. The van der Waals surface area contributed by atoms with Gasteiger partial charge in [0.2, 0.25) is 5.91 Å². The third kappa shape index (κ3) is 53.7. The summed E-state index contributed by atoms with van der Waals surface area (Å²) in [6, 6.07) is -0.561. The highest BCUT2D eigenvalue weighted by atomic mass is 16.5. The lowest BCUT2D eigenvalue weighted by Crippen LogP contribution is -2.45. The minimum atomic E-state index is -0.682. The monoisotopic (exact) mass is 958 g/mol. The zero-order chi connectivity index (χ0) is 49.3. The molecule has 0 fully saturated rings. The molecule has 0 spiro atoms. The molecule has 6 heteroatoms. The van der Waals surface area contributed by atoms with Crippen molar-refractivity contribution in [1.82, 2.24) is 5.32 Å². The van der Waals surface area contributed by atoms with Crippen LogP contribution in [-0.4, -0.2) is 47.4 Å². The van der Waals surface area contributed by atoms with Gasteiger partial charge in [-0.25, -0.2) is 0 Å². The van der Waals surface area contributed by atoms with Crippen molar-refractivity contribution in [1.29, 1.82) is 0 Å². The molecule has 1 amide bonds. The number of ether oxygens (including phenoxy) is 1. The summed E-state index contributed by atoms with van der Waals surface area (Å²) < 4.78 is 5.47. The van der Waals surface area contributed by atoms with E-state index in [9.17, 15) is 19.8 Å². The molecule has 0 radical (unpaired) electrons. The van der Waals surface area contributed by atoms with Crippen molar-refractivity contribution >= 4 is 11.9 Å². The Morgan fingerprint density at radius 3 is 1.04 bits per heavy atom. The van der Waals surface area contributed by atoms with Crippen LogP contribution in [0.4, 0.5) is 0 Å². The van der Waals surface area contributed by atoms with E-state index in [1.165, 1.54) is 225 Å². The summed E-state index contributed by atoms with van der Waals surface area (Å²) in [6.45, 7) is 4.91. The van der Waals surface area contributed by atoms with Gasteiger partial charge in [0.05, 0.1) is 25.4 Å². The van der Waals surface area contributed by atoms with E-state index in [-0.39, 0.29) is 18.5 Å². The van der Waals surface area contributed by atoms with Crippen molar-refractivity contribution in [3.05, 3.63) is 24.3 Å². The van der Waals surface area contributed by atoms with Crippen molar-refractivity contribution in [3.63, 3.8) is 0 Å². The number of hydrogen-bond acceptors (Lipinski definition) is 5. The van der Waals surface area contributed by atoms with Gasteiger partial charge < -0.3 is 20.3 Å². The lowest BCUT2D eigenvalue weighted by molar-refractivity contribution is -0.143. The van der Waals surface area contributed by atoms with Crippen LogP contribution in [0.25, 0.3) is 0 Å². The molecule has 2 unspecified atom stereocenters. The number of esters is 1. The minimum absolute atomic E-state index is 0.0247. The predicted octanol–water partition coefficient (Wildman–Crippen LogP) is 19.0. The van der Waals surface area contributed by atoms with Gasteiger partial charge in [0.25, 0.3) is 0 Å². The quantitative estimate of drug-likeness (QED) is 0.0321. The molecule has 2 atom stereocenters. The smallest absolute Gasteiger partial charge is 0.305 e. The number of hydrogen-bond donors (Lipinski definition) is 3. The first-order valence-corrected chi connectivity index (χ1v) is 30.6. The van der Waals surface area contributed by atoms with Gasteiger partial charge in [-0.15, -0.1) is 0 Å². The fraction of sp³-hybridized carbons (Fsp3) is 0.903. The standard InChI is InChI=1S/C62H119NO5/c1-3-5-7-9-11-13-15-17-19-21-23-24-25-26-28-30-34-38-42-46-50-54-60(65)59(58-64)63-61(66)55-51-47-43-39-35-32-33-37-41-45-49-53-57-68-62(67)56-52-48-44-40-36-31-29-27-22-20-18-16-14-12-10-8-6-4-2/h20,22,33,37,59-60,64-65H,3-19,21,23-32,34-36,38-58H2,1-2H3,(H,63,66)/b22-20-,37-33-. The Morgan fingerprint density at radius 1 is 0.397 bits per heavy atom. The number of unbranched alkanes of at least 4 members (excludes halogenated alkanes) is 42. The Balaban J connectivity index is 3.48. The van der Waals surface area contributed by atoms with Gasteiger partial charge in [-0.05, 0) is 83.5 Å². The largest absolute Gasteiger partial charge is 0.466 e. The molecule has 0 saturated heterocycles. The van der Waals surface area contributed by atoms with Gasteiger partial charge in [-0.2, -0.15) is 0 Å². The maximum Gasteiger partial charge on any atom is 0.305 e. The van der Waals surface area contributed by atoms with Crippen molar-refractivity contribution < 1.29 is 24.5 Å². The Kier molecular flexibility index (Phi) is 56.5. The van der Waals surface area contributed by atoms with E-state index in [4.69, 9.17) is 4.74 Å². The molecule has 0 rings (SSSR count). The zero-order valence-corrected chi connectivity index (χ0v) is 45.9. The third-order valence-electron chi connectivity index (χ3n) is 14.2. The van der Waals surface area contributed by atoms with Crippen LogP contribution in [0.5, 0.6) is 0 Å². The molecular weight excluding hydrogens is 839 g/mol. The van der Waals surface area contributed by atoms with E-state index in [1.54, 1.807) is 0 Å². The summed E-state index contributed by atoms with van der Waals surface area (Å²) in [5.41, 5.74) is 0. The Bertz CT molecular complexity index is 1060. The van der Waals surface area contributed by atoms with Gasteiger partial charge in [0, 0.05) is 12.8 Å². The summed E-state index contributed by atoms with van der Waals surface area (Å²) in [5.74, 6) is -0.0827. The van der Waals surface area contributed by atoms with Crippen LogP contribution in [0.15, 0.2) is 24.3 Å². The fourth-order valence-electron chi connectivity index (χ4n) is 9.51. The molecule has 0 aromatic carbocycles. The summed E-state index contributed by atoms with van der Waals surface area (Å²) in [6.07, 6.45) is 70.3. The Morgan fingerprint density at radius 2 is 0.691 bits per heavy atom. The van der Waals surface area contributed by atoms with Crippen LogP contribution in [0, 0.1) is 0 Å². The first-order valence-electron chi connectivity index (χ1n) is 30.6. The fourth-order valence-corrected chi connectivity index (χ4v) is 9.51. The zero-order valence-electron chi connectivity index (χ0n) is 45.9. The van der Waals surface area contributed by atoms with E-state index < -0.39 is 12.1 Å². The van der Waals surface area contributed by atoms with Crippen LogP contribution in [0.2, 0.25) is 0 Å². The maximum absolute atomic E-state index is 12.5. The number of carbonyl (C=O) groups is 2. The van der Waals surface area contributed by atoms with Gasteiger partial charge >= 0.3 is 5.97 Å². The van der Waals surface area contributed by atoms with Crippen molar-refractivity contribution in [2.45, 2.75) is 347 Å². The number of nitrogens with one attached hydrogen (secondary N) is 1. The SMILES string of the molecule is CCCCCCCCC/C=C\CCCCCCCCCC(=O)OCCCCC/C=C\CCCCCCCC(=O)NC(CO)C(O)CCCCCCCCCCCCCCCCCCCCCCC. The molecule has 0 aliphatic carbocycles. The predicted molar refractivity (Wildman–Crippen MR) is 296 cm³/mol. The molecule has 0 bridgehead atoms. The molecular formula is C62H119NO5. The molecule has 3 N–H and O–H groups in total. The first-order chi connectivity index (χ1) is 33.5. The van der Waals surface area contributed by atoms with E-state index in [0.29, 0.717) is 25.9 Å². The van der Waals surface area contributed by atoms with Gasteiger partial charge in [-0.1, -0.05) is 263 Å². The average molecular weight is 959 g/mol. The molecule has 0 aliphatic heterocycles. The molecule has 6 nitrogen and oxygen atoms in total. The molecule has 0 aromatic rings. The Labute approximate surface area is 424 Å². The number of amides is 1. The highest BCUT2D eigenvalue weighted by Crippen LogP contribution is 2.17. The minimum Gasteiger partial charge on any atom is -0.466 e. The van der Waals surface area contributed by atoms with Crippen LogP contribution in [0.1, 0.15) is 335 Å². The second-order valence-corrected chi connectivity index (χ2v) is 21.0. The van der Waals surface area contributed by atoms with E-state index in [1.807, 2.05) is 0 Å². The van der Waals surface area contributed by atoms with Crippen LogP contribution in [-0.2, 0) is 14.3 Å². The molecule has 0 heterocycles. The van der Waals surface area contributed by atoms with E-state index in [0.717, 1.165) is 77.0 Å². The van der Waals surface area contributed by atoms with Crippen molar-refractivity contribution in [2.75, 3.05) is 13.2 Å². The molecule has 402 valence electrons. The first kappa shape index (κ1) is 66.3. The second-order valence-electron chi connectivity index (χ2n) is 21.0.